The molecule has 0 saturated carbocycles. The SMILES string of the molecule is CC1CCCNC1CC(=O)NCC1CN(C)CCO1. The lowest BCUT2D eigenvalue weighted by Crippen LogP contribution is -2.48. The molecule has 3 unspecified atom stereocenters. The van der Waals surface area contributed by atoms with Crippen LogP contribution < -0.4 is 10.6 Å². The average Bonchev–Trinajstić information content (AvgIpc) is 2.39. The highest BCUT2D eigenvalue weighted by Crippen LogP contribution is 2.17. The molecule has 0 bridgehead atoms. The van der Waals surface area contributed by atoms with Gasteiger partial charge in [0.2, 0.25) is 5.91 Å². The third-order valence-corrected chi connectivity index (χ3v) is 4.20. The number of carbonyl (C=O) groups is 1. The molecule has 5 nitrogen and oxygen atoms in total. The van der Waals surface area contributed by atoms with Crippen molar-refractivity contribution in [1.82, 2.24) is 15.5 Å². The Kier molecular flexibility index (Phi) is 5.60. The number of nitrogens with one attached hydrogen (secondary N) is 2. The second kappa shape index (κ2) is 7.22. The van der Waals surface area contributed by atoms with Crippen molar-refractivity contribution in [3.05, 3.63) is 0 Å². The molecule has 2 fully saturated rings. The maximum absolute atomic E-state index is 12.0. The first-order valence-electron chi connectivity index (χ1n) is 7.45. The zero-order chi connectivity index (χ0) is 13.7. The number of hydrogen-bond donors (Lipinski definition) is 2. The van der Waals surface area contributed by atoms with Gasteiger partial charge in [-0.25, -0.2) is 0 Å². The van der Waals surface area contributed by atoms with Crippen LogP contribution in [0.15, 0.2) is 0 Å². The van der Waals surface area contributed by atoms with Gasteiger partial charge in [0.1, 0.15) is 0 Å². The van der Waals surface area contributed by atoms with Crippen LogP contribution in [0.1, 0.15) is 26.2 Å². The Morgan fingerprint density at radius 3 is 3.11 bits per heavy atom. The molecule has 5 heteroatoms. The number of hydrogen-bond acceptors (Lipinski definition) is 4. The molecule has 2 heterocycles. The first kappa shape index (κ1) is 14.8. The summed E-state index contributed by atoms with van der Waals surface area (Å²) in [6.45, 7) is 6.54. The molecule has 110 valence electrons. The lowest BCUT2D eigenvalue weighted by molar-refractivity contribution is -0.123. The monoisotopic (exact) mass is 269 g/mol. The summed E-state index contributed by atoms with van der Waals surface area (Å²) in [5.74, 6) is 0.736. The van der Waals surface area contributed by atoms with Crippen molar-refractivity contribution < 1.29 is 9.53 Å². The van der Waals surface area contributed by atoms with E-state index >= 15 is 0 Å². The van der Waals surface area contributed by atoms with Crippen LogP contribution in [-0.4, -0.2) is 62.8 Å². The van der Waals surface area contributed by atoms with E-state index in [4.69, 9.17) is 4.74 Å². The van der Waals surface area contributed by atoms with Crippen LogP contribution in [0, 0.1) is 5.92 Å². The molecule has 3 atom stereocenters. The van der Waals surface area contributed by atoms with Gasteiger partial charge in [-0.15, -0.1) is 0 Å². The van der Waals surface area contributed by atoms with Crippen LogP contribution in [-0.2, 0) is 9.53 Å². The number of morpholine rings is 1. The fourth-order valence-electron chi connectivity index (χ4n) is 2.88. The van der Waals surface area contributed by atoms with Crippen molar-refractivity contribution in [3.63, 3.8) is 0 Å². The molecule has 2 rings (SSSR count). The number of nitrogens with zero attached hydrogens (tertiary/aromatic N) is 1. The maximum atomic E-state index is 12.0. The van der Waals surface area contributed by atoms with Crippen molar-refractivity contribution >= 4 is 5.91 Å². The van der Waals surface area contributed by atoms with Crippen molar-refractivity contribution in [2.75, 3.05) is 39.8 Å². The molecule has 2 aliphatic heterocycles. The van der Waals surface area contributed by atoms with Crippen molar-refractivity contribution in [2.45, 2.75) is 38.3 Å². The minimum Gasteiger partial charge on any atom is -0.374 e. The highest BCUT2D eigenvalue weighted by molar-refractivity contribution is 5.76. The lowest BCUT2D eigenvalue weighted by atomic mass is 9.90. The zero-order valence-corrected chi connectivity index (χ0v) is 12.2. The summed E-state index contributed by atoms with van der Waals surface area (Å²) < 4.78 is 5.64. The summed E-state index contributed by atoms with van der Waals surface area (Å²) >= 11 is 0. The van der Waals surface area contributed by atoms with Gasteiger partial charge < -0.3 is 20.3 Å². The first-order valence-corrected chi connectivity index (χ1v) is 7.45. The predicted octanol–water partition coefficient (Wildman–Crippen LogP) is 0.211. The number of piperidine rings is 1. The highest BCUT2D eigenvalue weighted by Gasteiger charge is 2.24. The molecule has 2 aliphatic rings. The zero-order valence-electron chi connectivity index (χ0n) is 12.2. The summed E-state index contributed by atoms with van der Waals surface area (Å²) in [5.41, 5.74) is 0. The Balaban J connectivity index is 1.66. The quantitative estimate of drug-likeness (QED) is 0.766. The largest absolute Gasteiger partial charge is 0.374 e. The molecule has 0 aromatic carbocycles. The van der Waals surface area contributed by atoms with E-state index in [1.807, 2.05) is 0 Å². The second-order valence-electron chi connectivity index (χ2n) is 5.94. The fraction of sp³-hybridized carbons (Fsp3) is 0.929. The minimum atomic E-state index is 0.138. The lowest BCUT2D eigenvalue weighted by Gasteiger charge is -2.31. The maximum Gasteiger partial charge on any atom is 0.221 e. The van der Waals surface area contributed by atoms with Gasteiger partial charge >= 0.3 is 0 Å². The summed E-state index contributed by atoms with van der Waals surface area (Å²) in [5, 5.41) is 6.45. The number of likely N-dealkylation sites (N-methyl/N-ethyl adjacent to an activating group) is 1. The molecule has 0 aromatic heterocycles. The molecule has 0 radical (unpaired) electrons. The Morgan fingerprint density at radius 2 is 2.37 bits per heavy atom. The molecular formula is C14H27N3O2. The summed E-state index contributed by atoms with van der Waals surface area (Å²) in [6, 6.07) is 0.337. The van der Waals surface area contributed by atoms with Crippen LogP contribution >= 0.6 is 0 Å². The Morgan fingerprint density at radius 1 is 1.53 bits per heavy atom. The highest BCUT2D eigenvalue weighted by atomic mass is 16.5. The fourth-order valence-corrected chi connectivity index (χ4v) is 2.88. The van der Waals surface area contributed by atoms with Crippen molar-refractivity contribution in [2.24, 2.45) is 5.92 Å². The van der Waals surface area contributed by atoms with E-state index in [0.29, 0.717) is 24.9 Å². The normalized spacial score (nSPS) is 33.1. The van der Waals surface area contributed by atoms with Gasteiger partial charge in [0.05, 0.1) is 12.7 Å². The molecule has 0 aromatic rings. The molecule has 1 amide bonds. The van der Waals surface area contributed by atoms with Gasteiger partial charge in [-0.05, 0) is 32.4 Å². The van der Waals surface area contributed by atoms with Crippen molar-refractivity contribution in [3.8, 4) is 0 Å². The number of amides is 1. The van der Waals surface area contributed by atoms with E-state index in [2.05, 4.69) is 29.5 Å². The van der Waals surface area contributed by atoms with E-state index in [-0.39, 0.29) is 12.0 Å². The van der Waals surface area contributed by atoms with Crippen LogP contribution in [0.2, 0.25) is 0 Å². The molecular weight excluding hydrogens is 242 g/mol. The van der Waals surface area contributed by atoms with E-state index in [1.165, 1.54) is 12.8 Å². The second-order valence-corrected chi connectivity index (χ2v) is 5.94. The van der Waals surface area contributed by atoms with Gasteiger partial charge in [-0.3, -0.25) is 4.79 Å². The minimum absolute atomic E-state index is 0.138. The average molecular weight is 269 g/mol. The van der Waals surface area contributed by atoms with Crippen LogP contribution in [0.25, 0.3) is 0 Å². The van der Waals surface area contributed by atoms with E-state index < -0.39 is 0 Å². The number of carbonyl (C=O) groups excluding carboxylic acids is 1. The van der Waals surface area contributed by atoms with Crippen LogP contribution in [0.3, 0.4) is 0 Å². The molecule has 0 aliphatic carbocycles. The summed E-state index contributed by atoms with van der Waals surface area (Å²) in [7, 11) is 2.09. The molecule has 0 spiro atoms. The summed E-state index contributed by atoms with van der Waals surface area (Å²) in [6.07, 6.45) is 3.17. The van der Waals surface area contributed by atoms with E-state index in [0.717, 1.165) is 26.2 Å². The molecule has 19 heavy (non-hydrogen) atoms. The Labute approximate surface area is 116 Å². The topological polar surface area (TPSA) is 53.6 Å². The van der Waals surface area contributed by atoms with E-state index in [9.17, 15) is 4.79 Å². The molecule has 2 saturated heterocycles. The predicted molar refractivity (Wildman–Crippen MR) is 75.1 cm³/mol. The third kappa shape index (κ3) is 4.75. The number of rotatable bonds is 4. The van der Waals surface area contributed by atoms with Crippen LogP contribution in [0.5, 0.6) is 0 Å². The van der Waals surface area contributed by atoms with Gasteiger partial charge in [0, 0.05) is 32.1 Å². The Bertz CT molecular complexity index is 298. The van der Waals surface area contributed by atoms with Gasteiger partial charge in [-0.1, -0.05) is 6.92 Å². The number of ether oxygens (including phenoxy) is 1. The van der Waals surface area contributed by atoms with Crippen LogP contribution in [0.4, 0.5) is 0 Å². The summed E-state index contributed by atoms with van der Waals surface area (Å²) in [4.78, 5) is 14.2. The van der Waals surface area contributed by atoms with E-state index in [1.54, 1.807) is 0 Å². The smallest absolute Gasteiger partial charge is 0.221 e. The van der Waals surface area contributed by atoms with Gasteiger partial charge in [0.15, 0.2) is 0 Å². The molecule has 2 N–H and O–H groups in total. The standard InChI is InChI=1S/C14H27N3O2/c1-11-4-3-5-15-13(11)8-14(18)16-9-12-10-17(2)6-7-19-12/h11-13,15H,3-10H2,1-2H3,(H,16,18). The van der Waals surface area contributed by atoms with Crippen molar-refractivity contribution in [1.29, 1.82) is 0 Å². The van der Waals surface area contributed by atoms with Gasteiger partial charge in [-0.2, -0.15) is 0 Å². The third-order valence-electron chi connectivity index (χ3n) is 4.20. The van der Waals surface area contributed by atoms with Gasteiger partial charge in [0.25, 0.3) is 0 Å². The Hall–Kier alpha value is -0.650. The first-order chi connectivity index (χ1) is 9.15.